The molecule has 2 N–H and O–H groups in total. The third-order valence-electron chi connectivity index (χ3n) is 3.77. The fourth-order valence-corrected chi connectivity index (χ4v) is 2.70. The molecule has 1 aromatic heterocycles. The maximum Gasteiger partial charge on any atom is 0.0887 e. The van der Waals surface area contributed by atoms with Gasteiger partial charge in [0.2, 0.25) is 0 Å². The van der Waals surface area contributed by atoms with Crippen molar-refractivity contribution in [3.63, 3.8) is 0 Å². The Morgan fingerprint density at radius 2 is 2.28 bits per heavy atom. The molecule has 3 nitrogen and oxygen atoms in total. The lowest BCUT2D eigenvalue weighted by molar-refractivity contribution is 0.0640. The van der Waals surface area contributed by atoms with Gasteiger partial charge in [-0.25, -0.2) is 0 Å². The van der Waals surface area contributed by atoms with E-state index in [0.717, 1.165) is 29.7 Å². The Morgan fingerprint density at radius 3 is 2.94 bits per heavy atom. The second-order valence-electron chi connectivity index (χ2n) is 5.51. The highest BCUT2D eigenvalue weighted by atomic mass is 16.5. The standard InChI is InChI=1S/C15H24N2O/c1-12-3-2-4-13(7-12)10-18-11-15-6-5-14(8-16)9-17-15/h5-6,9,12-13H,2-4,7-8,10-11,16H2,1H3. The van der Waals surface area contributed by atoms with Crippen molar-refractivity contribution >= 4 is 0 Å². The van der Waals surface area contributed by atoms with Gasteiger partial charge in [-0.15, -0.1) is 0 Å². The molecule has 1 aliphatic rings. The summed E-state index contributed by atoms with van der Waals surface area (Å²) in [5.74, 6) is 1.62. The van der Waals surface area contributed by atoms with E-state index in [2.05, 4.69) is 11.9 Å². The van der Waals surface area contributed by atoms with Crippen LogP contribution in [-0.4, -0.2) is 11.6 Å². The van der Waals surface area contributed by atoms with Gasteiger partial charge in [0.1, 0.15) is 0 Å². The van der Waals surface area contributed by atoms with E-state index in [0.29, 0.717) is 13.2 Å². The summed E-state index contributed by atoms with van der Waals surface area (Å²) in [5.41, 5.74) is 7.60. The van der Waals surface area contributed by atoms with E-state index in [1.807, 2.05) is 18.3 Å². The summed E-state index contributed by atoms with van der Waals surface area (Å²) in [7, 11) is 0. The second kappa shape index (κ2) is 6.86. The molecule has 100 valence electrons. The minimum Gasteiger partial charge on any atom is -0.375 e. The molecule has 2 rings (SSSR count). The zero-order chi connectivity index (χ0) is 12.8. The SMILES string of the molecule is CC1CCCC(COCc2ccc(CN)cn2)C1. The van der Waals surface area contributed by atoms with Gasteiger partial charge in [-0.2, -0.15) is 0 Å². The highest BCUT2D eigenvalue weighted by molar-refractivity contribution is 5.13. The third-order valence-corrected chi connectivity index (χ3v) is 3.77. The van der Waals surface area contributed by atoms with Crippen LogP contribution in [0, 0.1) is 11.8 Å². The highest BCUT2D eigenvalue weighted by Crippen LogP contribution is 2.28. The van der Waals surface area contributed by atoms with E-state index >= 15 is 0 Å². The molecule has 1 heterocycles. The zero-order valence-corrected chi connectivity index (χ0v) is 11.3. The molecule has 0 spiro atoms. The summed E-state index contributed by atoms with van der Waals surface area (Å²) in [4.78, 5) is 4.34. The summed E-state index contributed by atoms with van der Waals surface area (Å²) in [5, 5.41) is 0. The Bertz CT molecular complexity index is 350. The maximum absolute atomic E-state index is 5.79. The summed E-state index contributed by atoms with van der Waals surface area (Å²) >= 11 is 0. The molecule has 0 aromatic carbocycles. The predicted octanol–water partition coefficient (Wildman–Crippen LogP) is 2.88. The lowest BCUT2D eigenvalue weighted by Gasteiger charge is -2.26. The average Bonchev–Trinajstić information content (AvgIpc) is 2.40. The van der Waals surface area contributed by atoms with Crippen molar-refractivity contribution in [1.82, 2.24) is 4.98 Å². The van der Waals surface area contributed by atoms with Crippen LogP contribution in [0.25, 0.3) is 0 Å². The molecule has 0 bridgehead atoms. The van der Waals surface area contributed by atoms with E-state index in [1.165, 1.54) is 25.7 Å². The van der Waals surface area contributed by atoms with Gasteiger partial charge in [-0.1, -0.05) is 25.8 Å². The lowest BCUT2D eigenvalue weighted by atomic mass is 9.83. The summed E-state index contributed by atoms with van der Waals surface area (Å²) in [6.45, 7) is 4.40. The fourth-order valence-electron chi connectivity index (χ4n) is 2.70. The van der Waals surface area contributed by atoms with Crippen molar-refractivity contribution in [3.8, 4) is 0 Å². The topological polar surface area (TPSA) is 48.1 Å². The number of hydrogen-bond donors (Lipinski definition) is 1. The predicted molar refractivity (Wildman–Crippen MR) is 72.9 cm³/mol. The minimum absolute atomic E-state index is 0.550. The molecule has 1 aromatic rings. The second-order valence-corrected chi connectivity index (χ2v) is 5.51. The van der Waals surface area contributed by atoms with Crippen LogP contribution in [0.1, 0.15) is 43.9 Å². The number of nitrogens with two attached hydrogens (primary N) is 1. The number of ether oxygens (including phenoxy) is 1. The molecule has 1 saturated carbocycles. The summed E-state index contributed by atoms with van der Waals surface area (Å²) < 4.78 is 5.79. The number of pyridine rings is 1. The number of nitrogens with zero attached hydrogens (tertiary/aromatic N) is 1. The molecule has 1 fully saturated rings. The van der Waals surface area contributed by atoms with Crippen LogP contribution < -0.4 is 5.73 Å². The molecule has 2 atom stereocenters. The number of hydrogen-bond acceptors (Lipinski definition) is 3. The van der Waals surface area contributed by atoms with Gasteiger partial charge in [0.25, 0.3) is 0 Å². The maximum atomic E-state index is 5.79. The van der Waals surface area contributed by atoms with E-state index in [-0.39, 0.29) is 0 Å². The van der Waals surface area contributed by atoms with E-state index in [1.54, 1.807) is 0 Å². The summed E-state index contributed by atoms with van der Waals surface area (Å²) in [6.07, 6.45) is 7.22. The Kier molecular flexibility index (Phi) is 5.14. The average molecular weight is 248 g/mol. The van der Waals surface area contributed by atoms with Gasteiger partial charge in [0.15, 0.2) is 0 Å². The molecular weight excluding hydrogens is 224 g/mol. The molecule has 0 amide bonds. The van der Waals surface area contributed by atoms with Gasteiger partial charge in [-0.3, -0.25) is 4.98 Å². The van der Waals surface area contributed by atoms with Gasteiger partial charge in [-0.05, 0) is 36.3 Å². The van der Waals surface area contributed by atoms with Crippen LogP contribution in [0.15, 0.2) is 18.3 Å². The number of aromatic nitrogens is 1. The van der Waals surface area contributed by atoms with Gasteiger partial charge < -0.3 is 10.5 Å². The Morgan fingerprint density at radius 1 is 1.39 bits per heavy atom. The first-order valence-corrected chi connectivity index (χ1v) is 6.99. The van der Waals surface area contributed by atoms with Crippen LogP contribution in [-0.2, 0) is 17.9 Å². The van der Waals surface area contributed by atoms with Gasteiger partial charge in [0.05, 0.1) is 12.3 Å². The Balaban J connectivity index is 1.70. The van der Waals surface area contributed by atoms with Crippen LogP contribution in [0.3, 0.4) is 0 Å². The van der Waals surface area contributed by atoms with Gasteiger partial charge in [0, 0.05) is 19.3 Å². The lowest BCUT2D eigenvalue weighted by Crippen LogP contribution is -2.18. The molecule has 3 heteroatoms. The van der Waals surface area contributed by atoms with Crippen LogP contribution in [0.4, 0.5) is 0 Å². The first-order chi connectivity index (χ1) is 8.78. The van der Waals surface area contributed by atoms with E-state index in [4.69, 9.17) is 10.5 Å². The van der Waals surface area contributed by atoms with E-state index < -0.39 is 0 Å². The van der Waals surface area contributed by atoms with Gasteiger partial charge >= 0.3 is 0 Å². The fraction of sp³-hybridized carbons (Fsp3) is 0.667. The third kappa shape index (κ3) is 4.07. The van der Waals surface area contributed by atoms with Crippen molar-refractivity contribution in [2.24, 2.45) is 17.6 Å². The monoisotopic (exact) mass is 248 g/mol. The number of rotatable bonds is 5. The quantitative estimate of drug-likeness (QED) is 0.871. The first-order valence-electron chi connectivity index (χ1n) is 6.99. The molecule has 0 radical (unpaired) electrons. The molecular formula is C15H24N2O. The highest BCUT2D eigenvalue weighted by Gasteiger charge is 2.18. The van der Waals surface area contributed by atoms with Crippen LogP contribution in [0.2, 0.25) is 0 Å². The largest absolute Gasteiger partial charge is 0.375 e. The summed E-state index contributed by atoms with van der Waals surface area (Å²) in [6, 6.07) is 4.03. The molecule has 18 heavy (non-hydrogen) atoms. The molecule has 2 unspecified atom stereocenters. The first kappa shape index (κ1) is 13.5. The van der Waals surface area contributed by atoms with Crippen molar-refractivity contribution in [3.05, 3.63) is 29.6 Å². The van der Waals surface area contributed by atoms with Crippen molar-refractivity contribution in [2.45, 2.75) is 45.8 Å². The smallest absolute Gasteiger partial charge is 0.0887 e. The molecule has 0 aliphatic heterocycles. The Labute approximate surface area is 110 Å². The van der Waals surface area contributed by atoms with Crippen LogP contribution >= 0.6 is 0 Å². The van der Waals surface area contributed by atoms with Crippen molar-refractivity contribution in [1.29, 1.82) is 0 Å². The minimum atomic E-state index is 0.550. The van der Waals surface area contributed by atoms with Crippen molar-refractivity contribution < 1.29 is 4.74 Å². The molecule has 1 aliphatic carbocycles. The zero-order valence-electron chi connectivity index (χ0n) is 11.3. The van der Waals surface area contributed by atoms with E-state index in [9.17, 15) is 0 Å². The molecule has 0 saturated heterocycles. The Hall–Kier alpha value is -0.930. The normalized spacial score (nSPS) is 24.1. The van der Waals surface area contributed by atoms with Crippen molar-refractivity contribution in [2.75, 3.05) is 6.61 Å². The van der Waals surface area contributed by atoms with Crippen LogP contribution in [0.5, 0.6) is 0 Å².